The summed E-state index contributed by atoms with van der Waals surface area (Å²) in [4.78, 5) is 24.1. The number of non-ortho nitro benzene ring substituents is 1. The van der Waals surface area contributed by atoms with Crippen molar-refractivity contribution in [1.82, 2.24) is 4.90 Å². The summed E-state index contributed by atoms with van der Waals surface area (Å²) in [6, 6.07) is 6.51. The van der Waals surface area contributed by atoms with Gasteiger partial charge in [0.25, 0.3) is 5.69 Å². The average molecular weight is 246 g/mol. The molecule has 0 N–H and O–H groups in total. The minimum Gasteiger partial charge on any atom is -0.306 e. The van der Waals surface area contributed by atoms with Gasteiger partial charge in [0.1, 0.15) is 6.29 Å². The summed E-state index contributed by atoms with van der Waals surface area (Å²) >= 11 is 0. The van der Waals surface area contributed by atoms with Crippen molar-refractivity contribution < 1.29 is 9.72 Å². The van der Waals surface area contributed by atoms with E-state index in [0.717, 1.165) is 24.9 Å². The predicted octanol–water partition coefficient (Wildman–Crippen LogP) is 1.22. The van der Waals surface area contributed by atoms with E-state index >= 15 is 0 Å². The zero-order valence-corrected chi connectivity index (χ0v) is 10.1. The van der Waals surface area contributed by atoms with Crippen molar-refractivity contribution >= 4 is 12.0 Å². The van der Waals surface area contributed by atoms with Crippen LogP contribution in [-0.2, 0) is 10.2 Å². The van der Waals surface area contributed by atoms with Crippen molar-refractivity contribution in [2.24, 2.45) is 11.8 Å². The maximum Gasteiger partial charge on any atom is 0.269 e. The topological polar surface area (TPSA) is 63.5 Å². The van der Waals surface area contributed by atoms with Crippen molar-refractivity contribution in [2.75, 3.05) is 20.1 Å². The Morgan fingerprint density at radius 2 is 2.11 bits per heavy atom. The van der Waals surface area contributed by atoms with Crippen LogP contribution in [0.1, 0.15) is 5.56 Å². The lowest BCUT2D eigenvalue weighted by Crippen LogP contribution is -2.28. The molecular formula is C13H14N2O3. The van der Waals surface area contributed by atoms with Crippen molar-refractivity contribution in [1.29, 1.82) is 0 Å². The number of nitro groups is 1. The number of nitro benzene ring substituents is 1. The number of rotatable bonds is 3. The van der Waals surface area contributed by atoms with Gasteiger partial charge in [-0.1, -0.05) is 12.1 Å². The SMILES string of the molecule is CN1C[C@@H]2[C@H](C1)C2(C=O)c1cccc([N+](=O)[O-])c1. The molecule has 0 amide bonds. The molecule has 1 aromatic rings. The van der Waals surface area contributed by atoms with Crippen molar-refractivity contribution in [3.05, 3.63) is 39.9 Å². The van der Waals surface area contributed by atoms with E-state index in [1.807, 2.05) is 13.1 Å². The van der Waals surface area contributed by atoms with Crippen LogP contribution in [0.15, 0.2) is 24.3 Å². The van der Waals surface area contributed by atoms with Gasteiger partial charge in [-0.2, -0.15) is 0 Å². The molecule has 1 heterocycles. The fourth-order valence-electron chi connectivity index (χ4n) is 3.43. The number of fused-ring (bicyclic) bond motifs is 1. The lowest BCUT2D eigenvalue weighted by molar-refractivity contribution is -0.384. The van der Waals surface area contributed by atoms with Crippen LogP contribution < -0.4 is 0 Å². The van der Waals surface area contributed by atoms with Gasteiger partial charge < -0.3 is 9.69 Å². The molecule has 2 fully saturated rings. The average Bonchev–Trinajstić information content (AvgIpc) is 2.76. The second-order valence-electron chi connectivity index (χ2n) is 5.29. The molecular weight excluding hydrogens is 232 g/mol. The number of benzene rings is 1. The molecule has 0 bridgehead atoms. The molecule has 5 heteroatoms. The van der Waals surface area contributed by atoms with Gasteiger partial charge in [-0.05, 0) is 24.4 Å². The van der Waals surface area contributed by atoms with E-state index in [1.165, 1.54) is 6.07 Å². The van der Waals surface area contributed by atoms with E-state index in [2.05, 4.69) is 4.90 Å². The summed E-state index contributed by atoms with van der Waals surface area (Å²) in [5.74, 6) is 0.643. The second-order valence-corrected chi connectivity index (χ2v) is 5.29. The van der Waals surface area contributed by atoms with Crippen LogP contribution in [0.2, 0.25) is 0 Å². The van der Waals surface area contributed by atoms with Gasteiger partial charge in [0.05, 0.1) is 10.3 Å². The molecule has 1 aliphatic carbocycles. The van der Waals surface area contributed by atoms with Crippen LogP contribution in [0.4, 0.5) is 5.69 Å². The highest BCUT2D eigenvalue weighted by molar-refractivity contribution is 5.77. The van der Waals surface area contributed by atoms with Crippen molar-refractivity contribution in [2.45, 2.75) is 5.41 Å². The smallest absolute Gasteiger partial charge is 0.269 e. The van der Waals surface area contributed by atoms with Gasteiger partial charge in [0.15, 0.2) is 0 Å². The molecule has 1 unspecified atom stereocenters. The zero-order valence-electron chi connectivity index (χ0n) is 10.1. The Kier molecular flexibility index (Phi) is 2.28. The molecule has 0 aromatic heterocycles. The molecule has 5 nitrogen and oxygen atoms in total. The summed E-state index contributed by atoms with van der Waals surface area (Å²) in [5, 5.41) is 10.8. The van der Waals surface area contributed by atoms with E-state index in [1.54, 1.807) is 12.1 Å². The Morgan fingerprint density at radius 3 is 2.67 bits per heavy atom. The summed E-state index contributed by atoms with van der Waals surface area (Å²) in [6.45, 7) is 1.79. The number of aldehydes is 1. The van der Waals surface area contributed by atoms with Crippen molar-refractivity contribution in [3.8, 4) is 0 Å². The number of carbonyl (C=O) groups excluding carboxylic acids is 1. The van der Waals surface area contributed by atoms with Gasteiger partial charge in [0, 0.05) is 25.2 Å². The molecule has 2 aliphatic rings. The van der Waals surface area contributed by atoms with Crippen LogP contribution in [0.25, 0.3) is 0 Å². The van der Waals surface area contributed by atoms with Gasteiger partial charge in [-0.25, -0.2) is 0 Å². The van der Waals surface area contributed by atoms with E-state index in [-0.39, 0.29) is 5.69 Å². The van der Waals surface area contributed by atoms with Gasteiger partial charge in [-0.3, -0.25) is 10.1 Å². The lowest BCUT2D eigenvalue weighted by atomic mass is 9.91. The molecule has 94 valence electrons. The Bertz CT molecular complexity index is 517. The van der Waals surface area contributed by atoms with Crippen LogP contribution >= 0.6 is 0 Å². The number of likely N-dealkylation sites (tertiary alicyclic amines) is 1. The molecule has 0 spiro atoms. The molecule has 1 aliphatic heterocycles. The van der Waals surface area contributed by atoms with E-state index < -0.39 is 10.3 Å². The maximum absolute atomic E-state index is 11.5. The summed E-state index contributed by atoms with van der Waals surface area (Å²) < 4.78 is 0. The highest BCUT2D eigenvalue weighted by atomic mass is 16.6. The number of hydrogen-bond acceptors (Lipinski definition) is 4. The molecule has 1 aromatic carbocycles. The number of carbonyl (C=O) groups is 1. The Morgan fingerprint density at radius 1 is 1.44 bits per heavy atom. The highest BCUT2D eigenvalue weighted by Gasteiger charge is 2.68. The third kappa shape index (κ3) is 1.34. The normalized spacial score (nSPS) is 34.1. The minimum absolute atomic E-state index is 0.0621. The third-order valence-corrected chi connectivity index (χ3v) is 4.37. The second kappa shape index (κ2) is 3.62. The fraction of sp³-hybridized carbons (Fsp3) is 0.462. The molecule has 1 saturated heterocycles. The van der Waals surface area contributed by atoms with E-state index in [0.29, 0.717) is 11.8 Å². The van der Waals surface area contributed by atoms with Gasteiger partial charge >= 0.3 is 0 Å². The number of hydrogen-bond donors (Lipinski definition) is 0. The summed E-state index contributed by atoms with van der Waals surface area (Å²) in [6.07, 6.45) is 0.994. The third-order valence-electron chi connectivity index (χ3n) is 4.37. The summed E-state index contributed by atoms with van der Waals surface area (Å²) in [7, 11) is 2.04. The van der Waals surface area contributed by atoms with Gasteiger partial charge in [0.2, 0.25) is 0 Å². The molecule has 1 saturated carbocycles. The maximum atomic E-state index is 11.5. The lowest BCUT2D eigenvalue weighted by Gasteiger charge is -2.19. The first kappa shape index (κ1) is 11.3. The number of piperidine rings is 1. The summed E-state index contributed by atoms with van der Waals surface area (Å²) in [5.41, 5.74) is 0.389. The molecule has 18 heavy (non-hydrogen) atoms. The van der Waals surface area contributed by atoms with Crippen LogP contribution in [0, 0.1) is 22.0 Å². The van der Waals surface area contributed by atoms with Crippen LogP contribution in [0.3, 0.4) is 0 Å². The van der Waals surface area contributed by atoms with Crippen LogP contribution in [-0.4, -0.2) is 36.2 Å². The number of nitrogens with zero attached hydrogens (tertiary/aromatic N) is 2. The standard InChI is InChI=1S/C13H14N2O3/c1-14-6-11-12(7-14)13(11,8-16)9-3-2-4-10(5-9)15(17)18/h2-5,8,11-12H,6-7H2,1H3/t11-,12+,13?. The first-order valence-corrected chi connectivity index (χ1v) is 5.99. The Balaban J connectivity index is 1.98. The Hall–Kier alpha value is -1.75. The molecule has 3 atom stereocenters. The first-order chi connectivity index (χ1) is 8.59. The largest absolute Gasteiger partial charge is 0.306 e. The molecule has 0 radical (unpaired) electrons. The predicted molar refractivity (Wildman–Crippen MR) is 65.3 cm³/mol. The zero-order chi connectivity index (χ0) is 12.9. The highest BCUT2D eigenvalue weighted by Crippen LogP contribution is 2.62. The van der Waals surface area contributed by atoms with Crippen LogP contribution in [0.5, 0.6) is 0 Å². The quantitative estimate of drug-likeness (QED) is 0.457. The minimum atomic E-state index is -0.474. The molecule has 3 rings (SSSR count). The fourth-order valence-corrected chi connectivity index (χ4v) is 3.43. The van der Waals surface area contributed by atoms with E-state index in [9.17, 15) is 14.9 Å². The van der Waals surface area contributed by atoms with E-state index in [4.69, 9.17) is 0 Å². The van der Waals surface area contributed by atoms with Crippen molar-refractivity contribution in [3.63, 3.8) is 0 Å². The van der Waals surface area contributed by atoms with Gasteiger partial charge in [-0.15, -0.1) is 0 Å². The Labute approximate surface area is 105 Å². The monoisotopic (exact) mass is 246 g/mol. The first-order valence-electron chi connectivity index (χ1n) is 5.99.